The number of amides is 4. The molecule has 2 atom stereocenters. The second-order valence-electron chi connectivity index (χ2n) is 26.6. The number of hydrogen-bond acceptors (Lipinski definition) is 12. The lowest BCUT2D eigenvalue weighted by Crippen LogP contribution is -2.49. The molecule has 4 heterocycles. The van der Waals surface area contributed by atoms with Crippen molar-refractivity contribution in [1.29, 1.82) is 0 Å². The molecule has 3 fully saturated rings. The molecule has 0 bridgehead atoms. The van der Waals surface area contributed by atoms with E-state index in [4.69, 9.17) is 14.2 Å². The van der Waals surface area contributed by atoms with Gasteiger partial charge < -0.3 is 43.6 Å². The number of likely N-dealkylation sites (tertiary alicyclic amines) is 2. The second kappa shape index (κ2) is 34.2. The fourth-order valence-corrected chi connectivity index (χ4v) is 15.1. The van der Waals surface area contributed by atoms with Crippen LogP contribution < -0.4 is 0 Å². The Morgan fingerprint density at radius 1 is 0.717 bits per heavy atom. The van der Waals surface area contributed by atoms with Crippen molar-refractivity contribution in [2.45, 2.75) is 146 Å². The SMILES string of the molecule is CC(=O)N(C)CCCN(C)C(=O)c1sc(CCCCCCC(=O)N(C)CCN2CCC(OC(=O)Cc3ccccc3-c3ccccc3)CC2)nc1C.CCO[C@H]1Cc2ccccc2C12CCN(CC[C@@]1(c3ccc(F)cc3)CN(C(=O)c3cc(C(F)(F)F)cc(C(F)(F)F)c3)CO1)CC2. The minimum atomic E-state index is -5.09. The maximum absolute atomic E-state index is 13.9. The van der Waals surface area contributed by atoms with E-state index in [0.717, 1.165) is 136 Å². The van der Waals surface area contributed by atoms with Gasteiger partial charge in [0.05, 0.1) is 40.9 Å². The van der Waals surface area contributed by atoms with Gasteiger partial charge >= 0.3 is 18.3 Å². The molecule has 4 amide bonds. The first-order valence-corrected chi connectivity index (χ1v) is 35.2. The third-order valence-electron chi connectivity index (χ3n) is 19.8. The number of thiazole rings is 1. The van der Waals surface area contributed by atoms with E-state index in [1.165, 1.54) is 46.7 Å². The van der Waals surface area contributed by atoms with Crippen LogP contribution in [0, 0.1) is 12.7 Å². The molecule has 15 nitrogen and oxygen atoms in total. The molecule has 99 heavy (non-hydrogen) atoms. The summed E-state index contributed by atoms with van der Waals surface area (Å²) in [4.78, 5) is 79.7. The molecule has 534 valence electrons. The summed E-state index contributed by atoms with van der Waals surface area (Å²) in [5, 5.41) is 0.980. The smallest absolute Gasteiger partial charge is 0.416 e. The minimum Gasteiger partial charge on any atom is -0.462 e. The van der Waals surface area contributed by atoms with Gasteiger partial charge in [-0.15, -0.1) is 11.3 Å². The van der Waals surface area contributed by atoms with Crippen molar-refractivity contribution in [3.05, 3.63) is 182 Å². The first-order chi connectivity index (χ1) is 47.2. The number of benzene rings is 5. The van der Waals surface area contributed by atoms with E-state index in [-0.39, 0.29) is 67.1 Å². The summed E-state index contributed by atoms with van der Waals surface area (Å²) in [6.07, 6.45) is 0.627. The standard InChI is InChI=1S/C41H57N5O5S.C35H35F7N2O3/c1-31-40(41(50)45(5)25-15-24-43(3)32(2)47)52-37(42-31)20-11-6-7-12-21-38(48)44(4)28-29-46-26-22-35(23-27-46)51-39(49)30-34-18-13-14-19-36(34)33-16-9-8-10-17-33;1-2-46-30-19-23-5-3-4-6-29(23)32(30)11-14-43(15-12-32)16-13-33(25-7-9-28(36)10-8-25)21-44(22-47-33)31(45)24-17-26(34(37,38)39)20-27(18-24)35(40,41)42/h8-10,13-14,16-19,35H,6-7,11-12,15,20-30H2,1-5H3;3-10,17-18,20,30H,2,11-16,19,21-22H2,1H3/t;30-,33-/m.0/s1. The largest absolute Gasteiger partial charge is 0.462 e. The Kier molecular flexibility index (Phi) is 26.1. The number of aryl methyl sites for hydroxylation is 2. The first kappa shape index (κ1) is 75.6. The summed E-state index contributed by atoms with van der Waals surface area (Å²) in [5.74, 6) is -1.51. The summed E-state index contributed by atoms with van der Waals surface area (Å²) < 4.78 is 113. The molecule has 3 saturated heterocycles. The molecule has 1 aromatic heterocycles. The van der Waals surface area contributed by atoms with Crippen LogP contribution in [0.3, 0.4) is 0 Å². The van der Waals surface area contributed by atoms with Gasteiger partial charge in [-0.1, -0.05) is 104 Å². The molecular weight excluding hydrogens is 1300 g/mol. The lowest BCUT2D eigenvalue weighted by atomic mass is 9.72. The van der Waals surface area contributed by atoms with Gasteiger partial charge in [0.15, 0.2) is 0 Å². The van der Waals surface area contributed by atoms with Crippen molar-refractivity contribution in [2.24, 2.45) is 0 Å². The van der Waals surface area contributed by atoms with Crippen molar-refractivity contribution in [1.82, 2.24) is 34.4 Å². The van der Waals surface area contributed by atoms with E-state index in [1.807, 2.05) is 68.3 Å². The van der Waals surface area contributed by atoms with Crippen LogP contribution in [-0.2, 0) is 71.2 Å². The Labute approximate surface area is 580 Å². The maximum Gasteiger partial charge on any atom is 0.416 e. The molecule has 0 saturated carbocycles. The van der Waals surface area contributed by atoms with Crippen LogP contribution in [0.15, 0.2) is 121 Å². The van der Waals surface area contributed by atoms with Crippen molar-refractivity contribution >= 4 is 40.9 Å². The minimum absolute atomic E-state index is 0.0103. The number of piperidine rings is 2. The number of hydrogen-bond donors (Lipinski definition) is 0. The average molecular weight is 1400 g/mol. The Hall–Kier alpha value is -7.57. The average Bonchev–Trinajstić information content (AvgIpc) is 1.63. The Morgan fingerprint density at radius 3 is 2.03 bits per heavy atom. The van der Waals surface area contributed by atoms with E-state index in [2.05, 4.69) is 51.2 Å². The molecule has 6 aromatic rings. The zero-order valence-electron chi connectivity index (χ0n) is 57.5. The predicted octanol–water partition coefficient (Wildman–Crippen LogP) is 13.8. The number of aromatic nitrogens is 1. The Balaban J connectivity index is 0.000000232. The molecule has 1 spiro atoms. The van der Waals surface area contributed by atoms with Crippen LogP contribution in [0.5, 0.6) is 0 Å². The Bertz CT molecular complexity index is 3660. The molecule has 5 aromatic carbocycles. The number of carbonyl (C=O) groups excluding carboxylic acids is 5. The summed E-state index contributed by atoms with van der Waals surface area (Å²) in [6, 6.07) is 33.0. The third kappa shape index (κ3) is 19.9. The number of ether oxygens (including phenoxy) is 3. The number of unbranched alkanes of at least 4 members (excludes halogenated alkanes) is 3. The van der Waals surface area contributed by atoms with Gasteiger partial charge in [0.2, 0.25) is 11.8 Å². The normalized spacial score (nSPS) is 18.0. The van der Waals surface area contributed by atoms with Crippen molar-refractivity contribution in [3.63, 3.8) is 0 Å². The van der Waals surface area contributed by atoms with Crippen molar-refractivity contribution < 1.29 is 68.9 Å². The Morgan fingerprint density at radius 2 is 1.35 bits per heavy atom. The number of fused-ring (bicyclic) bond motifs is 2. The lowest BCUT2D eigenvalue weighted by molar-refractivity contribution is -0.150. The highest BCUT2D eigenvalue weighted by Gasteiger charge is 2.50. The zero-order chi connectivity index (χ0) is 71.1. The van der Waals surface area contributed by atoms with Gasteiger partial charge in [0.25, 0.3) is 11.8 Å². The lowest BCUT2D eigenvalue weighted by Gasteiger charge is -2.44. The molecule has 4 aliphatic rings. The van der Waals surface area contributed by atoms with E-state index in [0.29, 0.717) is 68.2 Å². The van der Waals surface area contributed by atoms with Gasteiger partial charge in [0, 0.05) is 97.9 Å². The van der Waals surface area contributed by atoms with E-state index in [9.17, 15) is 54.7 Å². The van der Waals surface area contributed by atoms with Crippen LogP contribution in [0.4, 0.5) is 30.7 Å². The first-order valence-electron chi connectivity index (χ1n) is 34.4. The van der Waals surface area contributed by atoms with Crippen molar-refractivity contribution in [3.8, 4) is 11.1 Å². The molecule has 0 unspecified atom stereocenters. The molecule has 0 radical (unpaired) electrons. The summed E-state index contributed by atoms with van der Waals surface area (Å²) in [6.45, 7) is 12.1. The number of nitrogens with zero attached hydrogens (tertiary/aromatic N) is 7. The number of rotatable bonds is 26. The molecule has 23 heteroatoms. The number of alkyl halides is 6. The number of carbonyl (C=O) groups is 5. The van der Waals surface area contributed by atoms with Crippen molar-refractivity contribution in [2.75, 3.05) is 99.9 Å². The molecule has 0 N–H and O–H groups in total. The maximum atomic E-state index is 13.9. The van der Waals surface area contributed by atoms with Crippen LogP contribution in [-0.4, -0.2) is 176 Å². The molecule has 1 aliphatic carbocycles. The van der Waals surface area contributed by atoms with Gasteiger partial charge in [-0.2, -0.15) is 26.3 Å². The van der Waals surface area contributed by atoms with Crippen LogP contribution in [0.25, 0.3) is 11.1 Å². The van der Waals surface area contributed by atoms with Crippen LogP contribution in [0.1, 0.15) is 149 Å². The van der Waals surface area contributed by atoms with Gasteiger partial charge in [-0.25, -0.2) is 9.37 Å². The predicted molar refractivity (Wildman–Crippen MR) is 366 cm³/mol. The summed E-state index contributed by atoms with van der Waals surface area (Å²) in [7, 11) is 5.45. The highest BCUT2D eigenvalue weighted by atomic mass is 32.1. The highest BCUT2D eigenvalue weighted by Crippen LogP contribution is 2.48. The van der Waals surface area contributed by atoms with Crippen LogP contribution >= 0.6 is 11.3 Å². The van der Waals surface area contributed by atoms with E-state index in [1.54, 1.807) is 30.8 Å². The molecule has 10 rings (SSSR count). The van der Waals surface area contributed by atoms with Gasteiger partial charge in [-0.05, 0) is 155 Å². The zero-order valence-corrected chi connectivity index (χ0v) is 58.4. The van der Waals surface area contributed by atoms with Crippen LogP contribution in [0.2, 0.25) is 0 Å². The second-order valence-corrected chi connectivity index (χ2v) is 27.7. The monoisotopic (exact) mass is 1400 g/mol. The molecule has 3 aliphatic heterocycles. The quantitative estimate of drug-likeness (QED) is 0.0291. The summed E-state index contributed by atoms with van der Waals surface area (Å²) in [5.41, 5.74) is 1.98. The fraction of sp³-hybridized carbons (Fsp3) is 0.500. The number of esters is 1. The fourth-order valence-electron chi connectivity index (χ4n) is 13.9. The number of halogens is 7. The highest BCUT2D eigenvalue weighted by molar-refractivity contribution is 7.13. The third-order valence-corrected chi connectivity index (χ3v) is 21.0. The molecular formula is C76H92F7N7O8S. The van der Waals surface area contributed by atoms with E-state index < -0.39 is 46.4 Å². The topological polar surface area (TPSA) is 145 Å². The van der Waals surface area contributed by atoms with Gasteiger partial charge in [-0.3, -0.25) is 24.0 Å². The van der Waals surface area contributed by atoms with E-state index >= 15 is 0 Å². The summed E-state index contributed by atoms with van der Waals surface area (Å²) >= 11 is 1.48. The number of likely N-dealkylation sites (N-methyl/N-ethyl adjacent to an activating group) is 1. The van der Waals surface area contributed by atoms with Gasteiger partial charge in [0.1, 0.15) is 29.1 Å².